The van der Waals surface area contributed by atoms with Crippen molar-refractivity contribution in [1.82, 2.24) is 0 Å². The third kappa shape index (κ3) is 3.54. The lowest BCUT2D eigenvalue weighted by atomic mass is 9.94. The standard InChI is InChI=1S/C24H17F2NO4/c1-13-10-15(8-9-19(13)26)22(29)20-21(14-4-2-7-18(28)11-14)27(24(31)23(20)30)17-6-3-5-16(25)12-17/h2-12,21,28-29H,1H3/b22-20+. The van der Waals surface area contributed by atoms with Gasteiger partial charge >= 0.3 is 0 Å². The van der Waals surface area contributed by atoms with E-state index < -0.39 is 35.1 Å². The van der Waals surface area contributed by atoms with E-state index in [0.29, 0.717) is 5.56 Å². The Morgan fingerprint density at radius 3 is 2.39 bits per heavy atom. The Balaban J connectivity index is 1.97. The van der Waals surface area contributed by atoms with Crippen LogP contribution in [-0.2, 0) is 9.59 Å². The van der Waals surface area contributed by atoms with E-state index in [2.05, 4.69) is 0 Å². The molecule has 1 saturated heterocycles. The molecule has 31 heavy (non-hydrogen) atoms. The van der Waals surface area contributed by atoms with Gasteiger partial charge in [-0.05, 0) is 66.6 Å². The second-order valence-electron chi connectivity index (χ2n) is 7.21. The van der Waals surface area contributed by atoms with Crippen molar-refractivity contribution in [2.75, 3.05) is 4.90 Å². The van der Waals surface area contributed by atoms with Gasteiger partial charge in [-0.2, -0.15) is 0 Å². The van der Waals surface area contributed by atoms with Crippen LogP contribution in [0.5, 0.6) is 5.75 Å². The van der Waals surface area contributed by atoms with Crippen LogP contribution in [0, 0.1) is 18.6 Å². The predicted molar refractivity (Wildman–Crippen MR) is 110 cm³/mol. The first-order valence-corrected chi connectivity index (χ1v) is 9.40. The van der Waals surface area contributed by atoms with E-state index in [0.717, 1.165) is 17.0 Å². The minimum absolute atomic E-state index is 0.111. The largest absolute Gasteiger partial charge is 0.508 e. The number of hydrogen-bond acceptors (Lipinski definition) is 4. The number of phenolic OH excluding ortho intramolecular Hbond substituents is 1. The molecule has 0 aromatic heterocycles. The zero-order valence-electron chi connectivity index (χ0n) is 16.3. The van der Waals surface area contributed by atoms with E-state index in [1.54, 1.807) is 6.07 Å². The number of nitrogens with zero attached hydrogens (tertiary/aromatic N) is 1. The van der Waals surface area contributed by atoms with Gasteiger partial charge in [0, 0.05) is 11.3 Å². The van der Waals surface area contributed by atoms with Crippen molar-refractivity contribution in [3.05, 3.63) is 101 Å². The van der Waals surface area contributed by atoms with Gasteiger partial charge < -0.3 is 10.2 Å². The molecule has 0 aliphatic carbocycles. The van der Waals surface area contributed by atoms with Crippen LogP contribution in [0.4, 0.5) is 14.5 Å². The zero-order valence-corrected chi connectivity index (χ0v) is 16.3. The average molecular weight is 421 g/mol. The number of carbonyl (C=O) groups excluding carboxylic acids is 2. The summed E-state index contributed by atoms with van der Waals surface area (Å²) < 4.78 is 27.6. The number of carbonyl (C=O) groups is 2. The second-order valence-corrected chi connectivity index (χ2v) is 7.21. The highest BCUT2D eigenvalue weighted by Crippen LogP contribution is 2.42. The van der Waals surface area contributed by atoms with Crippen molar-refractivity contribution < 1.29 is 28.6 Å². The molecular weight excluding hydrogens is 404 g/mol. The molecule has 1 heterocycles. The molecule has 3 aromatic rings. The molecule has 1 fully saturated rings. The number of aryl methyl sites for hydroxylation is 1. The first-order valence-electron chi connectivity index (χ1n) is 9.40. The quantitative estimate of drug-likeness (QED) is 0.368. The molecule has 0 spiro atoms. The SMILES string of the molecule is Cc1cc(/C(O)=C2\C(=O)C(=O)N(c3cccc(F)c3)C2c2cccc(O)c2)ccc1F. The van der Waals surface area contributed by atoms with Crippen LogP contribution in [-0.4, -0.2) is 21.9 Å². The molecule has 7 heteroatoms. The maximum absolute atomic E-state index is 13.9. The highest BCUT2D eigenvalue weighted by atomic mass is 19.1. The van der Waals surface area contributed by atoms with Crippen LogP contribution in [0.1, 0.15) is 22.7 Å². The van der Waals surface area contributed by atoms with Crippen molar-refractivity contribution in [3.8, 4) is 5.75 Å². The number of anilines is 1. The number of benzene rings is 3. The number of Topliss-reactive ketones (excluding diaryl/α,β-unsaturated/α-hetero) is 1. The van der Waals surface area contributed by atoms with Crippen molar-refractivity contribution in [1.29, 1.82) is 0 Å². The average Bonchev–Trinajstić information content (AvgIpc) is 3.00. The summed E-state index contributed by atoms with van der Waals surface area (Å²) in [4.78, 5) is 27.0. The number of phenols is 1. The number of aliphatic hydroxyl groups is 1. The summed E-state index contributed by atoms with van der Waals surface area (Å²) in [5, 5.41) is 20.9. The van der Waals surface area contributed by atoms with Crippen LogP contribution in [0.3, 0.4) is 0 Å². The van der Waals surface area contributed by atoms with Crippen LogP contribution in [0.25, 0.3) is 5.76 Å². The Morgan fingerprint density at radius 1 is 0.968 bits per heavy atom. The van der Waals surface area contributed by atoms with Crippen molar-refractivity contribution in [3.63, 3.8) is 0 Å². The summed E-state index contributed by atoms with van der Waals surface area (Å²) in [6.45, 7) is 1.50. The molecule has 1 atom stereocenters. The lowest BCUT2D eigenvalue weighted by Crippen LogP contribution is -2.29. The van der Waals surface area contributed by atoms with Gasteiger partial charge in [-0.15, -0.1) is 0 Å². The maximum Gasteiger partial charge on any atom is 0.300 e. The van der Waals surface area contributed by atoms with Gasteiger partial charge in [-0.25, -0.2) is 8.78 Å². The second kappa shape index (κ2) is 7.68. The fraction of sp³-hybridized carbons (Fsp3) is 0.0833. The Kier molecular flexibility index (Phi) is 5.02. The highest BCUT2D eigenvalue weighted by molar-refractivity contribution is 6.51. The number of hydrogen-bond donors (Lipinski definition) is 2. The van der Waals surface area contributed by atoms with Gasteiger partial charge in [0.05, 0.1) is 11.6 Å². The van der Waals surface area contributed by atoms with Gasteiger partial charge in [0.25, 0.3) is 11.7 Å². The van der Waals surface area contributed by atoms with Crippen molar-refractivity contribution in [2.24, 2.45) is 0 Å². The van der Waals surface area contributed by atoms with Gasteiger partial charge in [0.15, 0.2) is 0 Å². The normalized spacial score (nSPS) is 17.9. The molecule has 4 rings (SSSR count). The van der Waals surface area contributed by atoms with Crippen molar-refractivity contribution >= 4 is 23.1 Å². The molecule has 156 valence electrons. The summed E-state index contributed by atoms with van der Waals surface area (Å²) in [6, 6.07) is 13.7. The van der Waals surface area contributed by atoms with E-state index in [4.69, 9.17) is 0 Å². The number of aromatic hydroxyl groups is 1. The van der Waals surface area contributed by atoms with Crippen LogP contribution in [0.15, 0.2) is 72.3 Å². The Morgan fingerprint density at radius 2 is 1.71 bits per heavy atom. The molecule has 2 N–H and O–H groups in total. The summed E-state index contributed by atoms with van der Waals surface area (Å²) in [5.41, 5.74) is 0.609. The van der Waals surface area contributed by atoms with Crippen LogP contribution < -0.4 is 4.90 Å². The molecule has 1 aliphatic heterocycles. The van der Waals surface area contributed by atoms with E-state index in [1.807, 2.05) is 0 Å². The molecule has 0 saturated carbocycles. The topological polar surface area (TPSA) is 77.8 Å². The first-order chi connectivity index (χ1) is 14.8. The highest BCUT2D eigenvalue weighted by Gasteiger charge is 2.47. The van der Waals surface area contributed by atoms with E-state index in [-0.39, 0.29) is 28.1 Å². The van der Waals surface area contributed by atoms with E-state index in [1.165, 1.54) is 55.5 Å². The van der Waals surface area contributed by atoms with Crippen molar-refractivity contribution in [2.45, 2.75) is 13.0 Å². The van der Waals surface area contributed by atoms with Gasteiger partial charge in [-0.1, -0.05) is 18.2 Å². The third-order valence-electron chi connectivity index (χ3n) is 5.15. The smallest absolute Gasteiger partial charge is 0.300 e. The molecule has 0 bridgehead atoms. The zero-order chi connectivity index (χ0) is 22.3. The van der Waals surface area contributed by atoms with Crippen LogP contribution in [0.2, 0.25) is 0 Å². The fourth-order valence-electron chi connectivity index (χ4n) is 3.68. The van der Waals surface area contributed by atoms with Gasteiger partial charge in [0.2, 0.25) is 0 Å². The molecule has 3 aromatic carbocycles. The summed E-state index contributed by atoms with van der Waals surface area (Å²) in [6.07, 6.45) is 0. The molecule has 1 aliphatic rings. The minimum atomic E-state index is -1.13. The number of rotatable bonds is 3. The van der Waals surface area contributed by atoms with Gasteiger partial charge in [0.1, 0.15) is 23.1 Å². The number of ketones is 1. The Labute approximate surface area is 176 Å². The Bertz CT molecular complexity index is 1250. The number of halogens is 2. The first kappa shape index (κ1) is 20.3. The monoisotopic (exact) mass is 421 g/mol. The van der Waals surface area contributed by atoms with E-state index >= 15 is 0 Å². The van der Waals surface area contributed by atoms with Crippen LogP contribution >= 0.6 is 0 Å². The summed E-state index contributed by atoms with van der Waals surface area (Å²) in [7, 11) is 0. The molecule has 0 radical (unpaired) electrons. The summed E-state index contributed by atoms with van der Waals surface area (Å²) in [5.74, 6) is -3.63. The molecular formula is C24H17F2NO4. The minimum Gasteiger partial charge on any atom is -0.508 e. The lowest BCUT2D eigenvalue weighted by molar-refractivity contribution is -0.132. The number of aliphatic hydroxyl groups excluding tert-OH is 1. The lowest BCUT2D eigenvalue weighted by Gasteiger charge is -2.25. The van der Waals surface area contributed by atoms with Gasteiger partial charge in [-0.3, -0.25) is 14.5 Å². The number of amides is 1. The predicted octanol–water partition coefficient (Wildman–Crippen LogP) is 4.61. The third-order valence-corrected chi connectivity index (χ3v) is 5.15. The molecule has 5 nitrogen and oxygen atoms in total. The maximum atomic E-state index is 13.9. The summed E-state index contributed by atoms with van der Waals surface area (Å²) >= 11 is 0. The van der Waals surface area contributed by atoms with E-state index in [9.17, 15) is 28.6 Å². The molecule has 1 unspecified atom stereocenters. The Hall–Kier alpha value is -4.00. The molecule has 1 amide bonds. The fourth-order valence-corrected chi connectivity index (χ4v) is 3.68.